The van der Waals surface area contributed by atoms with Gasteiger partial charge in [0.25, 0.3) is 5.91 Å². The molecule has 0 unspecified atom stereocenters. The zero-order chi connectivity index (χ0) is 14.3. The monoisotopic (exact) mass is 292 g/mol. The van der Waals surface area contributed by atoms with Crippen LogP contribution < -0.4 is 14.5 Å². The Balaban J connectivity index is 1.94. The first kappa shape index (κ1) is 12.9. The lowest BCUT2D eigenvalue weighted by molar-refractivity contribution is -0.137. The van der Waals surface area contributed by atoms with Gasteiger partial charge in [-0.15, -0.1) is 0 Å². The number of hydrogen-bond acceptors (Lipinski definition) is 5. The highest BCUT2D eigenvalue weighted by molar-refractivity contribution is 7.07. The summed E-state index contributed by atoms with van der Waals surface area (Å²) in [4.78, 5) is 27.0. The molecule has 0 bridgehead atoms. The van der Waals surface area contributed by atoms with Crippen molar-refractivity contribution in [3.63, 3.8) is 0 Å². The summed E-state index contributed by atoms with van der Waals surface area (Å²) < 4.78 is 5.06. The molecule has 1 saturated heterocycles. The van der Waals surface area contributed by atoms with Crippen molar-refractivity contribution in [3.05, 3.63) is 45.0 Å². The molecule has 20 heavy (non-hydrogen) atoms. The van der Waals surface area contributed by atoms with Crippen molar-refractivity contribution in [2.45, 2.75) is 12.1 Å². The smallest absolute Gasteiger partial charge is 0.304 e. The van der Waals surface area contributed by atoms with Gasteiger partial charge >= 0.3 is 4.87 Å². The van der Waals surface area contributed by atoms with Gasteiger partial charge in [0.05, 0.1) is 12.8 Å². The number of ether oxygens (including phenoxy) is 1. The molecule has 1 amide bonds. The fourth-order valence-electron chi connectivity index (χ4n) is 2.25. The number of H-pyrrole nitrogens is 1. The average molecular weight is 292 g/mol. The standard InChI is InChI=1S/C13H12N2O4S/c1-19-8-4-2-7(3-5-8)15-10(11(16)12(15)17)9-6-20-13(18)14-9/h2-6,10-11,16H,1H3,(H,14,18)/t10-,11+/m0/s1. The lowest BCUT2D eigenvalue weighted by Gasteiger charge is -2.43. The van der Waals surface area contributed by atoms with E-state index in [-0.39, 0.29) is 10.8 Å². The van der Waals surface area contributed by atoms with Crippen LogP contribution in [0.3, 0.4) is 0 Å². The predicted molar refractivity (Wildman–Crippen MR) is 74.2 cm³/mol. The Morgan fingerprint density at radius 3 is 2.55 bits per heavy atom. The van der Waals surface area contributed by atoms with Gasteiger partial charge in [-0.05, 0) is 24.3 Å². The van der Waals surface area contributed by atoms with Crippen LogP contribution in [0.15, 0.2) is 34.4 Å². The molecule has 1 aliphatic rings. The number of β-lactam (4-membered cyclic amide) rings is 1. The van der Waals surface area contributed by atoms with Gasteiger partial charge in [-0.1, -0.05) is 11.3 Å². The van der Waals surface area contributed by atoms with Crippen LogP contribution in [0.25, 0.3) is 0 Å². The van der Waals surface area contributed by atoms with Crippen LogP contribution >= 0.6 is 11.3 Å². The van der Waals surface area contributed by atoms with Crippen LogP contribution in [-0.2, 0) is 4.79 Å². The third kappa shape index (κ3) is 1.91. The van der Waals surface area contributed by atoms with Gasteiger partial charge in [-0.3, -0.25) is 14.5 Å². The number of carbonyl (C=O) groups excluding carboxylic acids is 1. The van der Waals surface area contributed by atoms with E-state index in [1.54, 1.807) is 36.8 Å². The summed E-state index contributed by atoms with van der Waals surface area (Å²) in [7, 11) is 1.56. The summed E-state index contributed by atoms with van der Waals surface area (Å²) in [5, 5.41) is 11.5. The normalized spacial score (nSPS) is 21.7. The Morgan fingerprint density at radius 2 is 2.00 bits per heavy atom. The van der Waals surface area contributed by atoms with Crippen molar-refractivity contribution in [1.82, 2.24) is 4.98 Å². The number of benzene rings is 1. The second kappa shape index (κ2) is 4.77. The van der Waals surface area contributed by atoms with E-state index < -0.39 is 12.1 Å². The van der Waals surface area contributed by atoms with Crippen molar-refractivity contribution in [2.75, 3.05) is 12.0 Å². The number of aliphatic hydroxyl groups is 1. The molecule has 3 rings (SSSR count). The Labute approximate surface area is 118 Å². The van der Waals surface area contributed by atoms with Crippen molar-refractivity contribution in [3.8, 4) is 5.75 Å². The molecular formula is C13H12N2O4S. The first-order chi connectivity index (χ1) is 9.61. The second-order valence-electron chi connectivity index (χ2n) is 4.40. The molecular weight excluding hydrogens is 280 g/mol. The first-order valence-electron chi connectivity index (χ1n) is 5.94. The van der Waals surface area contributed by atoms with E-state index in [0.717, 1.165) is 11.3 Å². The van der Waals surface area contributed by atoms with Crippen molar-refractivity contribution in [1.29, 1.82) is 0 Å². The average Bonchev–Trinajstić information content (AvgIpc) is 2.89. The number of aromatic nitrogens is 1. The van der Waals surface area contributed by atoms with Crippen LogP contribution in [0.5, 0.6) is 5.75 Å². The van der Waals surface area contributed by atoms with Gasteiger partial charge < -0.3 is 14.8 Å². The Kier molecular flexibility index (Phi) is 3.07. The number of rotatable bonds is 3. The maximum atomic E-state index is 11.9. The molecule has 2 aromatic rings. The largest absolute Gasteiger partial charge is 0.497 e. The van der Waals surface area contributed by atoms with E-state index in [1.165, 1.54) is 4.90 Å². The van der Waals surface area contributed by atoms with Crippen LogP contribution in [-0.4, -0.2) is 29.2 Å². The third-order valence-corrected chi connectivity index (χ3v) is 3.96. The number of nitrogens with zero attached hydrogens (tertiary/aromatic N) is 1. The molecule has 1 aromatic carbocycles. The minimum absolute atomic E-state index is 0.207. The van der Waals surface area contributed by atoms with Gasteiger partial charge in [0.15, 0.2) is 6.10 Å². The summed E-state index contributed by atoms with van der Waals surface area (Å²) in [6, 6.07) is 6.40. The number of thiazole rings is 1. The zero-order valence-electron chi connectivity index (χ0n) is 10.6. The van der Waals surface area contributed by atoms with E-state index in [4.69, 9.17) is 4.74 Å². The summed E-state index contributed by atoms with van der Waals surface area (Å²) in [5.74, 6) is 0.301. The molecule has 0 aliphatic carbocycles. The van der Waals surface area contributed by atoms with E-state index in [2.05, 4.69) is 4.98 Å². The predicted octanol–water partition coefficient (Wildman–Crippen LogP) is 0.894. The quantitative estimate of drug-likeness (QED) is 0.823. The van der Waals surface area contributed by atoms with Gasteiger partial charge in [-0.25, -0.2) is 0 Å². The number of hydrogen-bond donors (Lipinski definition) is 2. The lowest BCUT2D eigenvalue weighted by atomic mass is 9.94. The third-order valence-electron chi connectivity index (χ3n) is 3.28. The molecule has 2 atom stereocenters. The van der Waals surface area contributed by atoms with E-state index >= 15 is 0 Å². The molecule has 0 radical (unpaired) electrons. The van der Waals surface area contributed by atoms with Crippen molar-refractivity contribution >= 4 is 22.9 Å². The Bertz CT molecular complexity index is 691. The number of amides is 1. The lowest BCUT2D eigenvalue weighted by Crippen LogP contribution is -2.59. The molecule has 0 saturated carbocycles. The summed E-state index contributed by atoms with van der Waals surface area (Å²) >= 11 is 1.01. The highest BCUT2D eigenvalue weighted by Gasteiger charge is 2.48. The van der Waals surface area contributed by atoms with Crippen LogP contribution in [0.1, 0.15) is 11.7 Å². The fourth-order valence-corrected chi connectivity index (χ4v) is 2.86. The Hall–Kier alpha value is -2.12. The second-order valence-corrected chi connectivity index (χ2v) is 5.24. The van der Waals surface area contributed by atoms with Crippen LogP contribution in [0.4, 0.5) is 5.69 Å². The van der Waals surface area contributed by atoms with Crippen molar-refractivity contribution in [2.24, 2.45) is 0 Å². The van der Waals surface area contributed by atoms with E-state index in [9.17, 15) is 14.7 Å². The molecule has 2 heterocycles. The molecule has 2 N–H and O–H groups in total. The maximum Gasteiger partial charge on any atom is 0.304 e. The molecule has 104 valence electrons. The number of aromatic amines is 1. The molecule has 1 fully saturated rings. The molecule has 7 heteroatoms. The van der Waals surface area contributed by atoms with Gasteiger partial charge in [0, 0.05) is 11.1 Å². The topological polar surface area (TPSA) is 82.6 Å². The SMILES string of the molecule is COc1ccc(N2C(=O)[C@H](O)[C@@H]2c2csc(=O)[nH]2)cc1. The van der Waals surface area contributed by atoms with E-state index in [1.807, 2.05) is 0 Å². The van der Waals surface area contributed by atoms with Crippen LogP contribution in [0.2, 0.25) is 0 Å². The highest BCUT2D eigenvalue weighted by Crippen LogP contribution is 2.38. The van der Waals surface area contributed by atoms with Gasteiger partial charge in [0.2, 0.25) is 0 Å². The summed E-state index contributed by atoms with van der Waals surface area (Å²) in [5.41, 5.74) is 1.20. The maximum absolute atomic E-state index is 11.9. The van der Waals surface area contributed by atoms with E-state index in [0.29, 0.717) is 17.1 Å². The molecule has 6 nitrogen and oxygen atoms in total. The number of aliphatic hydroxyl groups excluding tert-OH is 1. The van der Waals surface area contributed by atoms with Gasteiger partial charge in [0.1, 0.15) is 11.8 Å². The number of methoxy groups -OCH3 is 1. The summed E-state index contributed by atoms with van der Waals surface area (Å²) in [6.45, 7) is 0. The minimum atomic E-state index is -1.12. The number of anilines is 1. The Morgan fingerprint density at radius 1 is 1.30 bits per heavy atom. The number of carbonyl (C=O) groups is 1. The number of nitrogens with one attached hydrogen (secondary N) is 1. The van der Waals surface area contributed by atoms with Crippen LogP contribution in [0, 0.1) is 0 Å². The summed E-state index contributed by atoms with van der Waals surface area (Å²) in [6.07, 6.45) is -1.12. The van der Waals surface area contributed by atoms with Gasteiger partial charge in [-0.2, -0.15) is 0 Å². The fraction of sp³-hybridized carbons (Fsp3) is 0.231. The van der Waals surface area contributed by atoms with Crippen molar-refractivity contribution < 1.29 is 14.6 Å². The first-order valence-corrected chi connectivity index (χ1v) is 6.82. The molecule has 1 aliphatic heterocycles. The molecule has 0 spiro atoms. The zero-order valence-corrected chi connectivity index (χ0v) is 11.4. The molecule has 1 aromatic heterocycles. The highest BCUT2D eigenvalue weighted by atomic mass is 32.1. The minimum Gasteiger partial charge on any atom is -0.497 e.